The number of hydrogen-bond acceptors (Lipinski definition) is 7. The number of ether oxygens (including phenoxy) is 2. The normalized spacial score (nSPS) is 17.4. The molecule has 2 heterocycles. The minimum atomic E-state index is -0.877. The molecule has 5 rings (SSSR count). The number of nitrogens with one attached hydrogen (secondary N) is 3. The number of carbonyl (C=O) groups excluding carboxylic acids is 3. The molecule has 9 nitrogen and oxygen atoms in total. The van der Waals surface area contributed by atoms with Crippen LogP contribution in [0.4, 0.5) is 11.4 Å². The van der Waals surface area contributed by atoms with Crippen molar-refractivity contribution in [3.8, 4) is 11.5 Å². The fourth-order valence-electron chi connectivity index (χ4n) is 6.05. The molecule has 2 aliphatic rings. The highest BCUT2D eigenvalue weighted by atomic mass is 32.2. The largest absolute Gasteiger partial charge is 0.456 e. The second-order valence-electron chi connectivity index (χ2n) is 12.0. The van der Waals surface area contributed by atoms with Crippen LogP contribution in [0.1, 0.15) is 68.7 Å². The Morgan fingerprint density at radius 3 is 2.40 bits per heavy atom. The van der Waals surface area contributed by atoms with Gasteiger partial charge >= 0.3 is 0 Å². The van der Waals surface area contributed by atoms with Crippen LogP contribution < -0.4 is 26.4 Å². The predicted octanol–water partition coefficient (Wildman–Crippen LogP) is 5.70. The summed E-state index contributed by atoms with van der Waals surface area (Å²) in [5.41, 5.74) is 10.2. The minimum Gasteiger partial charge on any atom is -0.456 e. The minimum absolute atomic E-state index is 0.174. The molecule has 3 amide bonds. The highest BCUT2D eigenvalue weighted by Crippen LogP contribution is 2.56. The van der Waals surface area contributed by atoms with Gasteiger partial charge in [0.25, 0.3) is 0 Å². The van der Waals surface area contributed by atoms with Gasteiger partial charge in [-0.1, -0.05) is 45.0 Å². The Bertz CT molecular complexity index is 1580. The van der Waals surface area contributed by atoms with Crippen molar-refractivity contribution in [1.29, 1.82) is 0 Å². The molecule has 1 spiro atoms. The number of benzene rings is 3. The van der Waals surface area contributed by atoms with Gasteiger partial charge in [0.1, 0.15) is 23.6 Å². The predicted molar refractivity (Wildman–Crippen MR) is 178 cm³/mol. The lowest BCUT2D eigenvalue weighted by atomic mass is 9.77. The van der Waals surface area contributed by atoms with Gasteiger partial charge in [0, 0.05) is 41.1 Å². The first kappa shape index (κ1) is 32.4. The van der Waals surface area contributed by atoms with E-state index in [4.69, 9.17) is 15.2 Å². The maximum Gasteiger partial charge on any atom is 0.246 e. The standard InChI is InChI=1S/C35H42N4O5S/c1-5-8-32(40)38-29(17-21(2)3)34(42)39-28(15-16-45-4)33(41)37-24-12-14-27-31(19-24)44-30-18-23(36)11-13-26(30)35(27)25-10-7-6-9-22(25)20-43-35/h6-7,9-14,18-19,21,28-29H,5,8,15-17,20,36H2,1-4H3,(H,37,41)(H,38,40)(H,39,42)/t28-,29-,35?/m0/s1. The topological polar surface area (TPSA) is 132 Å². The maximum atomic E-state index is 13.6. The third kappa shape index (κ3) is 6.82. The summed E-state index contributed by atoms with van der Waals surface area (Å²) in [5.74, 6) is 1.09. The van der Waals surface area contributed by atoms with Crippen molar-refractivity contribution < 1.29 is 23.9 Å². The summed E-state index contributed by atoms with van der Waals surface area (Å²) in [6.07, 6.45) is 3.88. The summed E-state index contributed by atoms with van der Waals surface area (Å²) in [6, 6.07) is 17.7. The number of hydrogen-bond donors (Lipinski definition) is 4. The molecule has 3 aromatic carbocycles. The molecule has 238 valence electrons. The molecule has 0 bridgehead atoms. The molecule has 3 atom stereocenters. The zero-order valence-electron chi connectivity index (χ0n) is 26.3. The van der Waals surface area contributed by atoms with Crippen LogP contribution >= 0.6 is 11.8 Å². The molecule has 2 aliphatic heterocycles. The van der Waals surface area contributed by atoms with Gasteiger partial charge in [-0.05, 0) is 72.6 Å². The van der Waals surface area contributed by atoms with E-state index in [1.165, 1.54) is 0 Å². The first-order valence-corrected chi connectivity index (χ1v) is 16.9. The van der Waals surface area contributed by atoms with Crippen molar-refractivity contribution in [2.24, 2.45) is 5.92 Å². The van der Waals surface area contributed by atoms with Crippen molar-refractivity contribution in [3.63, 3.8) is 0 Å². The summed E-state index contributed by atoms with van der Waals surface area (Å²) in [6.45, 7) is 6.35. The molecule has 0 aliphatic carbocycles. The molecule has 1 unspecified atom stereocenters. The summed E-state index contributed by atoms with van der Waals surface area (Å²) in [7, 11) is 0. The van der Waals surface area contributed by atoms with Gasteiger partial charge in [0.2, 0.25) is 17.7 Å². The second-order valence-corrected chi connectivity index (χ2v) is 13.0. The van der Waals surface area contributed by atoms with Crippen LogP contribution in [0.3, 0.4) is 0 Å². The molecule has 0 radical (unpaired) electrons. The number of nitrogens with two attached hydrogens (primary N) is 1. The van der Waals surface area contributed by atoms with E-state index in [1.807, 2.05) is 63.4 Å². The molecule has 3 aromatic rings. The fraction of sp³-hybridized carbons (Fsp3) is 0.400. The first-order valence-electron chi connectivity index (χ1n) is 15.5. The number of fused-ring (bicyclic) bond motifs is 6. The first-order chi connectivity index (χ1) is 21.7. The van der Waals surface area contributed by atoms with Crippen LogP contribution in [-0.2, 0) is 31.3 Å². The Morgan fingerprint density at radius 1 is 0.933 bits per heavy atom. The van der Waals surface area contributed by atoms with E-state index < -0.39 is 17.7 Å². The quantitative estimate of drug-likeness (QED) is 0.189. The molecular formula is C35H42N4O5S. The van der Waals surface area contributed by atoms with Crippen LogP contribution in [0, 0.1) is 5.92 Å². The van der Waals surface area contributed by atoms with Crippen molar-refractivity contribution in [1.82, 2.24) is 10.6 Å². The zero-order valence-corrected chi connectivity index (χ0v) is 27.1. The van der Waals surface area contributed by atoms with Crippen LogP contribution in [0.15, 0.2) is 60.7 Å². The van der Waals surface area contributed by atoms with Gasteiger partial charge in [0.15, 0.2) is 5.60 Å². The van der Waals surface area contributed by atoms with Gasteiger partial charge in [-0.25, -0.2) is 0 Å². The molecular weight excluding hydrogens is 588 g/mol. The average molecular weight is 631 g/mol. The van der Waals surface area contributed by atoms with Crippen molar-refractivity contribution >= 4 is 40.9 Å². The lowest BCUT2D eigenvalue weighted by Crippen LogP contribution is -2.53. The highest BCUT2D eigenvalue weighted by molar-refractivity contribution is 7.98. The van der Waals surface area contributed by atoms with Gasteiger partial charge in [-0.2, -0.15) is 11.8 Å². The van der Waals surface area contributed by atoms with Gasteiger partial charge < -0.3 is 31.2 Å². The van der Waals surface area contributed by atoms with Crippen molar-refractivity contribution in [3.05, 3.63) is 82.9 Å². The number of rotatable bonds is 12. The molecule has 0 fully saturated rings. The van der Waals surface area contributed by atoms with E-state index >= 15 is 0 Å². The summed E-state index contributed by atoms with van der Waals surface area (Å²) >= 11 is 1.59. The third-order valence-electron chi connectivity index (χ3n) is 8.15. The van der Waals surface area contributed by atoms with Gasteiger partial charge in [-0.15, -0.1) is 0 Å². The number of carbonyl (C=O) groups is 3. The number of amides is 3. The Kier molecular flexibility index (Phi) is 10.0. The summed E-state index contributed by atoms with van der Waals surface area (Å²) < 4.78 is 13.0. The van der Waals surface area contributed by atoms with Crippen LogP contribution in [0.25, 0.3) is 0 Å². The lowest BCUT2D eigenvalue weighted by molar-refractivity contribution is -0.131. The van der Waals surface area contributed by atoms with E-state index in [0.29, 0.717) is 60.9 Å². The number of anilines is 2. The Labute approximate surface area is 269 Å². The van der Waals surface area contributed by atoms with Crippen molar-refractivity contribution in [2.75, 3.05) is 23.1 Å². The van der Waals surface area contributed by atoms with Gasteiger partial charge in [-0.3, -0.25) is 14.4 Å². The molecule has 0 aromatic heterocycles. The Morgan fingerprint density at radius 2 is 1.67 bits per heavy atom. The molecule has 5 N–H and O–H groups in total. The van der Waals surface area contributed by atoms with Crippen LogP contribution in [0.5, 0.6) is 11.5 Å². The van der Waals surface area contributed by atoms with E-state index in [9.17, 15) is 14.4 Å². The van der Waals surface area contributed by atoms with E-state index in [-0.39, 0.29) is 23.6 Å². The van der Waals surface area contributed by atoms with E-state index in [1.54, 1.807) is 23.9 Å². The smallest absolute Gasteiger partial charge is 0.246 e. The molecule has 45 heavy (non-hydrogen) atoms. The summed E-state index contributed by atoms with van der Waals surface area (Å²) in [5, 5.41) is 8.75. The maximum absolute atomic E-state index is 13.6. The lowest BCUT2D eigenvalue weighted by Gasteiger charge is -2.37. The SMILES string of the molecule is CCCC(=O)N[C@@H](CC(C)C)C(=O)N[C@@H](CCSC)C(=O)Nc1ccc2c(c1)Oc1cc(N)ccc1C21OCc2ccccc21. The average Bonchev–Trinajstić information content (AvgIpc) is 3.38. The van der Waals surface area contributed by atoms with Crippen LogP contribution in [0.2, 0.25) is 0 Å². The fourth-order valence-corrected chi connectivity index (χ4v) is 6.53. The number of nitrogen functional groups attached to an aromatic ring is 1. The second kappa shape index (κ2) is 14.0. The van der Waals surface area contributed by atoms with Gasteiger partial charge in [0.05, 0.1) is 6.61 Å². The Balaban J connectivity index is 1.41. The monoisotopic (exact) mass is 630 g/mol. The van der Waals surface area contributed by atoms with Crippen molar-refractivity contribution in [2.45, 2.75) is 70.7 Å². The molecule has 0 saturated heterocycles. The highest BCUT2D eigenvalue weighted by Gasteiger charge is 2.49. The van der Waals surface area contributed by atoms with Crippen LogP contribution in [-0.4, -0.2) is 41.8 Å². The number of thioether (sulfide) groups is 1. The van der Waals surface area contributed by atoms with E-state index in [0.717, 1.165) is 22.3 Å². The summed E-state index contributed by atoms with van der Waals surface area (Å²) in [4.78, 5) is 39.4. The third-order valence-corrected chi connectivity index (χ3v) is 8.80. The molecule has 10 heteroatoms. The Hall–Kier alpha value is -4.02. The molecule has 0 saturated carbocycles. The van der Waals surface area contributed by atoms with E-state index in [2.05, 4.69) is 28.1 Å². The zero-order chi connectivity index (χ0) is 32.1.